The van der Waals surface area contributed by atoms with Crippen molar-refractivity contribution < 1.29 is 62.5 Å². The van der Waals surface area contributed by atoms with Gasteiger partial charge in [-0.1, -0.05) is 0 Å². The molecule has 0 heterocycles. The normalized spacial score (nSPS) is 13.6. The molecule has 28 heavy (non-hydrogen) atoms. The van der Waals surface area contributed by atoms with Crippen LogP contribution in [0.3, 0.4) is 0 Å². The summed E-state index contributed by atoms with van der Waals surface area (Å²) < 4.78 is 157. The molecule has 1 aromatic rings. The van der Waals surface area contributed by atoms with E-state index < -0.39 is 68.2 Å². The van der Waals surface area contributed by atoms with Gasteiger partial charge in [0.25, 0.3) is 5.82 Å². The Bertz CT molecular complexity index is 850. The van der Waals surface area contributed by atoms with E-state index in [1.54, 1.807) is 0 Å². The molecule has 0 spiro atoms. The molecule has 0 unspecified atom stereocenters. The van der Waals surface area contributed by atoms with E-state index in [1.807, 2.05) is 0 Å². The average molecular weight is 440 g/mol. The van der Waals surface area contributed by atoms with E-state index in [9.17, 15) is 72.9 Å². The molecule has 0 aliphatic rings. The van der Waals surface area contributed by atoms with E-state index in [-0.39, 0.29) is 0 Å². The first-order valence-electron chi connectivity index (χ1n) is 5.95. The van der Waals surface area contributed by atoms with Crippen LogP contribution in [-0.2, 0) is 5.92 Å². The van der Waals surface area contributed by atoms with E-state index >= 15 is 0 Å². The maximum Gasteiger partial charge on any atom is 0.460 e. The lowest BCUT2D eigenvalue weighted by molar-refractivity contribution is -0.412. The van der Waals surface area contributed by atoms with Gasteiger partial charge in [-0.15, -0.1) is 0 Å². The predicted molar refractivity (Wildman–Crippen MR) is 59.5 cm³/mol. The number of rotatable bonds is 5. The summed E-state index contributed by atoms with van der Waals surface area (Å²) >= 11 is 0. The van der Waals surface area contributed by atoms with Crippen molar-refractivity contribution in [3.05, 3.63) is 43.2 Å². The van der Waals surface area contributed by atoms with Crippen molar-refractivity contribution in [3.63, 3.8) is 0 Å². The van der Waals surface area contributed by atoms with Crippen LogP contribution in [0.1, 0.15) is 5.56 Å². The van der Waals surface area contributed by atoms with Crippen molar-refractivity contribution in [1.29, 1.82) is 0 Å². The van der Waals surface area contributed by atoms with Gasteiger partial charge in [-0.25, -0.2) is 4.39 Å². The van der Waals surface area contributed by atoms with Gasteiger partial charge in [0.1, 0.15) is 5.56 Å². The fourth-order valence-corrected chi connectivity index (χ4v) is 1.79. The van der Waals surface area contributed by atoms with Crippen LogP contribution in [0.15, 0.2) is 0 Å². The average Bonchev–Trinajstić information content (AvgIpc) is 2.48. The van der Waals surface area contributed by atoms with Crippen molar-refractivity contribution in [3.8, 4) is 0 Å². The van der Waals surface area contributed by atoms with Crippen LogP contribution in [0, 0.1) is 37.7 Å². The molecule has 0 saturated heterocycles. The van der Waals surface area contributed by atoms with Crippen LogP contribution in [0.4, 0.5) is 64.1 Å². The molecular formula is C10F12N2O4. The van der Waals surface area contributed by atoms with Crippen LogP contribution >= 0.6 is 0 Å². The van der Waals surface area contributed by atoms with Gasteiger partial charge in [0.05, 0.1) is 9.85 Å². The minimum Gasteiger partial charge on any atom is -0.258 e. The number of hydrogen-bond donors (Lipinski definition) is 0. The minimum absolute atomic E-state index is 2.26. The number of benzene rings is 1. The Morgan fingerprint density at radius 1 is 0.607 bits per heavy atom. The van der Waals surface area contributed by atoms with Gasteiger partial charge in [0, 0.05) is 0 Å². The maximum absolute atomic E-state index is 13.8. The quantitative estimate of drug-likeness (QED) is 0.284. The third-order valence-electron chi connectivity index (χ3n) is 3.10. The van der Waals surface area contributed by atoms with Crippen molar-refractivity contribution >= 4 is 11.4 Å². The third-order valence-corrected chi connectivity index (χ3v) is 3.10. The number of nitro groups is 2. The second kappa shape index (κ2) is 6.36. The summed E-state index contributed by atoms with van der Waals surface area (Å²) in [6.07, 6.45) is -7.43. The summed E-state index contributed by atoms with van der Waals surface area (Å²) in [5.74, 6) is -33.1. The number of nitro benzene ring substituents is 2. The molecule has 0 saturated carbocycles. The first kappa shape index (κ1) is 23.2. The second-order valence-electron chi connectivity index (χ2n) is 4.75. The van der Waals surface area contributed by atoms with Crippen LogP contribution in [0.25, 0.3) is 0 Å². The first-order chi connectivity index (χ1) is 12.2. The Kier molecular flexibility index (Phi) is 5.28. The standard InChI is InChI=1S/C10F12N2O4/c11-2-1(5(23(25)26)4(13)6(3(2)12)24(27)28)7(14,15)8(16,17)9(18,19)10(20,21)22. The maximum atomic E-state index is 13.8. The summed E-state index contributed by atoms with van der Waals surface area (Å²) in [6, 6.07) is 0. The zero-order valence-corrected chi connectivity index (χ0v) is 12.1. The molecule has 0 radical (unpaired) electrons. The predicted octanol–water partition coefficient (Wildman–Crippen LogP) is 4.85. The highest BCUT2D eigenvalue weighted by atomic mass is 19.4. The van der Waals surface area contributed by atoms with Gasteiger partial charge in [-0.2, -0.15) is 48.3 Å². The minimum atomic E-state index is -7.72. The van der Waals surface area contributed by atoms with Crippen LogP contribution in [-0.4, -0.2) is 27.9 Å². The highest BCUT2D eigenvalue weighted by molar-refractivity contribution is 5.55. The molecule has 1 rings (SSSR count). The highest BCUT2D eigenvalue weighted by Crippen LogP contribution is 2.59. The Morgan fingerprint density at radius 2 is 1.00 bits per heavy atom. The number of hydrogen-bond acceptors (Lipinski definition) is 4. The molecule has 1 aromatic carbocycles. The highest BCUT2D eigenvalue weighted by Gasteiger charge is 2.83. The van der Waals surface area contributed by atoms with Gasteiger partial charge in [0.2, 0.25) is 5.82 Å². The smallest absolute Gasteiger partial charge is 0.258 e. The molecule has 0 aliphatic carbocycles. The van der Waals surface area contributed by atoms with Crippen molar-refractivity contribution in [2.75, 3.05) is 0 Å². The zero-order chi connectivity index (χ0) is 22.6. The van der Waals surface area contributed by atoms with Crippen LogP contribution < -0.4 is 0 Å². The molecular weight excluding hydrogens is 440 g/mol. The topological polar surface area (TPSA) is 86.3 Å². The molecule has 6 nitrogen and oxygen atoms in total. The molecule has 0 aromatic heterocycles. The van der Waals surface area contributed by atoms with Crippen molar-refractivity contribution in [2.24, 2.45) is 0 Å². The zero-order valence-electron chi connectivity index (χ0n) is 12.1. The molecule has 0 amide bonds. The fourth-order valence-electron chi connectivity index (χ4n) is 1.79. The van der Waals surface area contributed by atoms with E-state index in [0.29, 0.717) is 0 Å². The largest absolute Gasteiger partial charge is 0.460 e. The lowest BCUT2D eigenvalue weighted by atomic mass is 9.94. The van der Waals surface area contributed by atoms with E-state index in [0.717, 1.165) is 0 Å². The summed E-state index contributed by atoms with van der Waals surface area (Å²) in [4.78, 5) is 16.1. The second-order valence-corrected chi connectivity index (χ2v) is 4.75. The Labute approximate surface area is 142 Å². The molecule has 0 atom stereocenters. The van der Waals surface area contributed by atoms with Gasteiger partial charge in [0.15, 0.2) is 5.82 Å². The molecule has 0 aliphatic heterocycles. The molecule has 0 N–H and O–H groups in total. The van der Waals surface area contributed by atoms with Gasteiger partial charge < -0.3 is 0 Å². The molecule has 0 fully saturated rings. The monoisotopic (exact) mass is 440 g/mol. The SMILES string of the molecule is O=[N+]([O-])c1c(F)c(F)c(C(F)(F)C(F)(F)C(F)(F)C(F)(F)F)c([N+](=O)[O-])c1F. The van der Waals surface area contributed by atoms with Crippen LogP contribution in [0.2, 0.25) is 0 Å². The van der Waals surface area contributed by atoms with Crippen molar-refractivity contribution in [2.45, 2.75) is 23.9 Å². The summed E-state index contributed by atoms with van der Waals surface area (Å²) in [7, 11) is 0. The summed E-state index contributed by atoms with van der Waals surface area (Å²) in [5.41, 5.74) is -10.1. The number of nitrogens with zero attached hydrogens (tertiary/aromatic N) is 2. The van der Waals surface area contributed by atoms with Gasteiger partial charge >= 0.3 is 35.3 Å². The number of alkyl halides is 9. The first-order valence-corrected chi connectivity index (χ1v) is 5.95. The Balaban J connectivity index is 4.09. The van der Waals surface area contributed by atoms with E-state index in [4.69, 9.17) is 0 Å². The van der Waals surface area contributed by atoms with E-state index in [2.05, 4.69) is 0 Å². The lowest BCUT2D eigenvalue weighted by Crippen LogP contribution is -2.59. The van der Waals surface area contributed by atoms with Crippen molar-refractivity contribution in [1.82, 2.24) is 0 Å². The molecule has 158 valence electrons. The van der Waals surface area contributed by atoms with Gasteiger partial charge in [-0.3, -0.25) is 20.2 Å². The number of halogens is 12. The van der Waals surface area contributed by atoms with E-state index in [1.165, 1.54) is 0 Å². The Hall–Kier alpha value is -2.82. The van der Waals surface area contributed by atoms with Crippen LogP contribution in [0.5, 0.6) is 0 Å². The summed E-state index contributed by atoms with van der Waals surface area (Å²) in [6.45, 7) is 0. The van der Waals surface area contributed by atoms with Gasteiger partial charge in [-0.05, 0) is 0 Å². The Morgan fingerprint density at radius 3 is 1.32 bits per heavy atom. The summed E-state index contributed by atoms with van der Waals surface area (Å²) in [5, 5.41) is 20.9. The molecule has 0 bridgehead atoms. The fraction of sp³-hybridized carbons (Fsp3) is 0.400. The third kappa shape index (κ3) is 2.95. The molecule has 18 heteroatoms. The lowest BCUT2D eigenvalue weighted by Gasteiger charge is -2.33.